The fraction of sp³-hybridized carbons (Fsp3) is 0.417. The van der Waals surface area contributed by atoms with Gasteiger partial charge in [-0.25, -0.2) is 5.48 Å². The molecule has 2 aromatic rings. The number of benzene rings is 2. The van der Waals surface area contributed by atoms with Gasteiger partial charge >= 0.3 is 0 Å². The quantitative estimate of drug-likeness (QED) is 0.190. The van der Waals surface area contributed by atoms with Crippen molar-refractivity contribution in [2.24, 2.45) is 5.92 Å². The van der Waals surface area contributed by atoms with E-state index in [-0.39, 0.29) is 25.7 Å². The van der Waals surface area contributed by atoms with E-state index >= 15 is 0 Å². The molecule has 0 heterocycles. The first-order valence-electron chi connectivity index (χ1n) is 10.6. The lowest BCUT2D eigenvalue weighted by Gasteiger charge is -2.24. The molecule has 2 amide bonds. The third-order valence-corrected chi connectivity index (χ3v) is 5.03. The van der Waals surface area contributed by atoms with Crippen LogP contribution in [0.15, 0.2) is 48.5 Å². The summed E-state index contributed by atoms with van der Waals surface area (Å²) in [5, 5.41) is 12.2. The molecule has 0 radical (unpaired) electrons. The number of carbonyl (C=O) groups excluding carboxylic acids is 2. The van der Waals surface area contributed by atoms with Crippen molar-refractivity contribution in [1.29, 1.82) is 0 Å². The van der Waals surface area contributed by atoms with Gasteiger partial charge < -0.3 is 19.5 Å². The number of rotatable bonds is 13. The predicted octanol–water partition coefficient (Wildman–Crippen LogP) is 2.87. The molecule has 0 saturated carbocycles. The van der Waals surface area contributed by atoms with Crippen molar-refractivity contribution < 1.29 is 29.0 Å². The molecule has 32 heavy (non-hydrogen) atoms. The van der Waals surface area contributed by atoms with E-state index in [0.717, 1.165) is 11.1 Å². The van der Waals surface area contributed by atoms with Crippen LogP contribution in [0.3, 0.4) is 0 Å². The highest BCUT2D eigenvalue weighted by Crippen LogP contribution is 2.19. The van der Waals surface area contributed by atoms with Crippen LogP contribution in [0.1, 0.15) is 34.8 Å². The van der Waals surface area contributed by atoms with E-state index in [1.54, 1.807) is 24.7 Å². The second-order valence-corrected chi connectivity index (χ2v) is 7.48. The van der Waals surface area contributed by atoms with Gasteiger partial charge in [0.25, 0.3) is 5.91 Å². The second-order valence-electron chi connectivity index (χ2n) is 7.48. The molecule has 0 saturated heterocycles. The zero-order chi connectivity index (χ0) is 23.3. The topological polar surface area (TPSA) is 106 Å². The molecule has 0 spiro atoms. The molecular weight excluding hydrogens is 412 g/mol. The van der Waals surface area contributed by atoms with E-state index in [9.17, 15) is 14.8 Å². The summed E-state index contributed by atoms with van der Waals surface area (Å²) in [4.78, 5) is 25.1. The number of methoxy groups -OCH3 is 1. The third kappa shape index (κ3) is 8.30. The SMILES string of the molecule is CCOCOCC(CC(Cc1ccc(OC)cc1)C(=O)NO)NC(=O)c1ccc(C)cc1. The Morgan fingerprint density at radius 2 is 1.72 bits per heavy atom. The summed E-state index contributed by atoms with van der Waals surface area (Å²) >= 11 is 0. The fourth-order valence-electron chi connectivity index (χ4n) is 3.24. The van der Waals surface area contributed by atoms with Crippen LogP contribution in [-0.4, -0.2) is 50.2 Å². The summed E-state index contributed by atoms with van der Waals surface area (Å²) in [7, 11) is 1.58. The normalized spacial score (nSPS) is 12.6. The Balaban J connectivity index is 2.12. The van der Waals surface area contributed by atoms with Crippen molar-refractivity contribution in [1.82, 2.24) is 10.8 Å². The van der Waals surface area contributed by atoms with Crippen molar-refractivity contribution in [3.8, 4) is 5.75 Å². The van der Waals surface area contributed by atoms with Gasteiger partial charge in [-0.1, -0.05) is 29.8 Å². The van der Waals surface area contributed by atoms with Crippen molar-refractivity contribution in [2.45, 2.75) is 32.7 Å². The highest BCUT2D eigenvalue weighted by molar-refractivity contribution is 5.94. The van der Waals surface area contributed by atoms with Gasteiger partial charge in [0.1, 0.15) is 12.5 Å². The van der Waals surface area contributed by atoms with E-state index in [4.69, 9.17) is 14.2 Å². The van der Waals surface area contributed by atoms with Crippen molar-refractivity contribution in [3.63, 3.8) is 0 Å². The molecule has 2 atom stereocenters. The molecule has 2 unspecified atom stereocenters. The standard InChI is InChI=1S/C24H32N2O6/c1-4-31-16-32-15-21(25-23(27)19-9-5-17(2)6-10-19)14-20(24(28)26-29)13-18-7-11-22(30-3)12-8-18/h5-12,20-21,29H,4,13-16H2,1-3H3,(H,25,27)(H,26,28). The Labute approximate surface area is 188 Å². The third-order valence-electron chi connectivity index (χ3n) is 5.03. The summed E-state index contributed by atoms with van der Waals surface area (Å²) in [6.45, 7) is 4.56. The summed E-state index contributed by atoms with van der Waals surface area (Å²) in [5.41, 5.74) is 4.21. The maximum atomic E-state index is 12.7. The van der Waals surface area contributed by atoms with Crippen LogP contribution in [0.5, 0.6) is 5.75 Å². The van der Waals surface area contributed by atoms with Crippen LogP contribution in [-0.2, 0) is 20.7 Å². The van der Waals surface area contributed by atoms with Crippen molar-refractivity contribution in [2.75, 3.05) is 27.1 Å². The largest absolute Gasteiger partial charge is 0.497 e. The summed E-state index contributed by atoms with van der Waals surface area (Å²) in [6, 6.07) is 14.1. The Kier molecular flexibility index (Phi) is 10.7. The molecule has 0 fully saturated rings. The lowest BCUT2D eigenvalue weighted by molar-refractivity contribution is -0.134. The second kappa shape index (κ2) is 13.5. The van der Waals surface area contributed by atoms with E-state index in [1.807, 2.05) is 50.2 Å². The minimum atomic E-state index is -0.590. The van der Waals surface area contributed by atoms with Gasteiger partial charge in [-0.05, 0) is 56.5 Å². The number of hydrogen-bond donors (Lipinski definition) is 3. The molecule has 0 aromatic heterocycles. The maximum absolute atomic E-state index is 12.7. The van der Waals surface area contributed by atoms with Crippen LogP contribution >= 0.6 is 0 Å². The molecule has 8 heteroatoms. The number of ether oxygens (including phenoxy) is 3. The monoisotopic (exact) mass is 444 g/mol. The Morgan fingerprint density at radius 1 is 1.03 bits per heavy atom. The lowest BCUT2D eigenvalue weighted by Crippen LogP contribution is -2.42. The van der Waals surface area contributed by atoms with Gasteiger partial charge in [-0.3, -0.25) is 14.8 Å². The molecule has 2 aromatic carbocycles. The zero-order valence-electron chi connectivity index (χ0n) is 18.8. The minimum absolute atomic E-state index is 0.0861. The molecular formula is C24H32N2O6. The smallest absolute Gasteiger partial charge is 0.251 e. The first kappa shape index (κ1) is 25.3. The Hall–Kier alpha value is -2.94. The van der Waals surface area contributed by atoms with Gasteiger partial charge in [-0.2, -0.15) is 0 Å². The van der Waals surface area contributed by atoms with Gasteiger partial charge in [0.2, 0.25) is 5.91 Å². The van der Waals surface area contributed by atoms with Crippen LogP contribution < -0.4 is 15.5 Å². The highest BCUT2D eigenvalue weighted by Gasteiger charge is 2.25. The number of amides is 2. The van der Waals surface area contributed by atoms with Gasteiger partial charge in [0.15, 0.2) is 0 Å². The van der Waals surface area contributed by atoms with Crippen LogP contribution in [0, 0.1) is 12.8 Å². The van der Waals surface area contributed by atoms with E-state index in [1.165, 1.54) is 0 Å². The summed E-state index contributed by atoms with van der Waals surface area (Å²) in [6.07, 6.45) is 0.640. The van der Waals surface area contributed by atoms with E-state index in [2.05, 4.69) is 5.32 Å². The van der Waals surface area contributed by atoms with Crippen LogP contribution in [0.4, 0.5) is 0 Å². The molecule has 174 valence electrons. The Morgan fingerprint density at radius 3 is 2.31 bits per heavy atom. The molecule has 3 N–H and O–H groups in total. The van der Waals surface area contributed by atoms with Crippen molar-refractivity contribution in [3.05, 3.63) is 65.2 Å². The minimum Gasteiger partial charge on any atom is -0.497 e. The first-order chi connectivity index (χ1) is 15.5. The van der Waals surface area contributed by atoms with Gasteiger partial charge in [-0.15, -0.1) is 0 Å². The average molecular weight is 445 g/mol. The predicted molar refractivity (Wildman–Crippen MR) is 120 cm³/mol. The highest BCUT2D eigenvalue weighted by atomic mass is 16.7. The van der Waals surface area contributed by atoms with Crippen LogP contribution in [0.25, 0.3) is 0 Å². The molecule has 2 rings (SSSR count). The van der Waals surface area contributed by atoms with Crippen LogP contribution in [0.2, 0.25) is 0 Å². The van der Waals surface area contributed by atoms with E-state index in [0.29, 0.717) is 24.3 Å². The molecule has 0 aliphatic heterocycles. The number of nitrogens with one attached hydrogen (secondary N) is 2. The van der Waals surface area contributed by atoms with E-state index < -0.39 is 17.9 Å². The molecule has 0 aliphatic rings. The first-order valence-corrected chi connectivity index (χ1v) is 10.6. The molecule has 0 aliphatic carbocycles. The number of hydroxylamine groups is 1. The molecule has 8 nitrogen and oxygen atoms in total. The number of aryl methyl sites for hydroxylation is 1. The summed E-state index contributed by atoms with van der Waals surface area (Å²) < 4.78 is 15.9. The Bertz CT molecular complexity index is 839. The average Bonchev–Trinajstić information content (AvgIpc) is 2.81. The van der Waals surface area contributed by atoms with Gasteiger partial charge in [0, 0.05) is 18.1 Å². The van der Waals surface area contributed by atoms with Crippen molar-refractivity contribution >= 4 is 11.8 Å². The molecule has 0 bridgehead atoms. The maximum Gasteiger partial charge on any atom is 0.251 e. The number of carbonyl (C=O) groups is 2. The lowest BCUT2D eigenvalue weighted by atomic mass is 9.92. The summed E-state index contributed by atoms with van der Waals surface area (Å²) in [5.74, 6) is -0.667. The number of hydrogen-bond acceptors (Lipinski definition) is 6. The van der Waals surface area contributed by atoms with Gasteiger partial charge in [0.05, 0.1) is 19.8 Å². The zero-order valence-corrected chi connectivity index (χ0v) is 18.8. The fourth-order valence-corrected chi connectivity index (χ4v) is 3.24.